The van der Waals surface area contributed by atoms with Gasteiger partial charge in [0.1, 0.15) is 11.5 Å². The molecule has 0 aromatic heterocycles. The summed E-state index contributed by atoms with van der Waals surface area (Å²) in [4.78, 5) is 22.3. The van der Waals surface area contributed by atoms with Crippen molar-refractivity contribution >= 4 is 11.6 Å². The Morgan fingerprint density at radius 1 is 1.27 bits per heavy atom. The molecule has 0 saturated carbocycles. The molecular weight excluding hydrogens is 192 g/mol. The Labute approximate surface area is 89.1 Å². The van der Waals surface area contributed by atoms with Crippen molar-refractivity contribution in [3.8, 4) is 5.75 Å². The Morgan fingerprint density at radius 2 is 2.00 bits per heavy atom. The van der Waals surface area contributed by atoms with Crippen LogP contribution >= 0.6 is 0 Å². The van der Waals surface area contributed by atoms with Crippen LogP contribution in [0.25, 0.3) is 0 Å². The molecule has 0 radical (unpaired) electrons. The van der Waals surface area contributed by atoms with Gasteiger partial charge in [-0.2, -0.15) is 0 Å². The first-order valence-corrected chi connectivity index (χ1v) is 4.80. The summed E-state index contributed by atoms with van der Waals surface area (Å²) in [7, 11) is 1.55. The summed E-state index contributed by atoms with van der Waals surface area (Å²) >= 11 is 0. The van der Waals surface area contributed by atoms with Gasteiger partial charge in [0.25, 0.3) is 0 Å². The molecule has 1 aromatic rings. The Hall–Kier alpha value is -1.64. The van der Waals surface area contributed by atoms with Crippen LogP contribution in [0.5, 0.6) is 5.75 Å². The zero-order valence-corrected chi connectivity index (χ0v) is 8.95. The molecule has 0 bridgehead atoms. The SMILES string of the molecule is COc1cccc(C(=O)CCC(C)=O)c1. The lowest BCUT2D eigenvalue weighted by molar-refractivity contribution is -0.116. The van der Waals surface area contributed by atoms with Gasteiger partial charge < -0.3 is 9.53 Å². The highest BCUT2D eigenvalue weighted by atomic mass is 16.5. The summed E-state index contributed by atoms with van der Waals surface area (Å²) < 4.78 is 5.01. The number of carbonyl (C=O) groups is 2. The molecule has 0 saturated heterocycles. The van der Waals surface area contributed by atoms with E-state index in [1.54, 1.807) is 31.4 Å². The highest BCUT2D eigenvalue weighted by Crippen LogP contribution is 2.14. The Morgan fingerprint density at radius 3 is 2.60 bits per heavy atom. The molecule has 0 spiro atoms. The van der Waals surface area contributed by atoms with Crippen LogP contribution in [0.3, 0.4) is 0 Å². The third-order valence-electron chi connectivity index (χ3n) is 2.10. The van der Waals surface area contributed by atoms with Crippen LogP contribution in [0, 0.1) is 0 Å². The van der Waals surface area contributed by atoms with Crippen LogP contribution in [0.15, 0.2) is 24.3 Å². The largest absolute Gasteiger partial charge is 0.497 e. The van der Waals surface area contributed by atoms with Crippen LogP contribution < -0.4 is 4.74 Å². The zero-order chi connectivity index (χ0) is 11.3. The second-order valence-electron chi connectivity index (χ2n) is 3.36. The fourth-order valence-corrected chi connectivity index (χ4v) is 1.23. The number of hydrogen-bond donors (Lipinski definition) is 0. The first kappa shape index (κ1) is 11.4. The molecule has 0 atom stereocenters. The molecule has 0 unspecified atom stereocenters. The van der Waals surface area contributed by atoms with Crippen LogP contribution in [-0.4, -0.2) is 18.7 Å². The lowest BCUT2D eigenvalue weighted by Crippen LogP contribution is -2.02. The zero-order valence-electron chi connectivity index (χ0n) is 8.95. The average Bonchev–Trinajstić information content (AvgIpc) is 2.26. The molecule has 80 valence electrons. The van der Waals surface area contributed by atoms with Gasteiger partial charge in [-0.1, -0.05) is 12.1 Å². The smallest absolute Gasteiger partial charge is 0.163 e. The van der Waals surface area contributed by atoms with Crippen LogP contribution in [0.4, 0.5) is 0 Å². The van der Waals surface area contributed by atoms with Gasteiger partial charge in [0.05, 0.1) is 7.11 Å². The van der Waals surface area contributed by atoms with Crippen molar-refractivity contribution in [2.45, 2.75) is 19.8 Å². The number of methoxy groups -OCH3 is 1. The number of Topliss-reactive ketones (excluding diaryl/α,β-unsaturated/α-hetero) is 2. The number of rotatable bonds is 5. The first-order chi connectivity index (χ1) is 7.13. The molecule has 0 amide bonds. The summed E-state index contributed by atoms with van der Waals surface area (Å²) in [6.45, 7) is 1.48. The van der Waals surface area contributed by atoms with Crippen LogP contribution in [-0.2, 0) is 4.79 Å². The van der Waals surface area contributed by atoms with Gasteiger partial charge in [0.15, 0.2) is 5.78 Å². The van der Waals surface area contributed by atoms with Crippen molar-refractivity contribution < 1.29 is 14.3 Å². The van der Waals surface area contributed by atoms with Crippen molar-refractivity contribution in [3.05, 3.63) is 29.8 Å². The second kappa shape index (κ2) is 5.29. The quantitative estimate of drug-likeness (QED) is 0.694. The lowest BCUT2D eigenvalue weighted by atomic mass is 10.1. The average molecular weight is 206 g/mol. The Bertz CT molecular complexity index is 369. The summed E-state index contributed by atoms with van der Waals surface area (Å²) in [5, 5.41) is 0. The monoisotopic (exact) mass is 206 g/mol. The van der Waals surface area contributed by atoms with E-state index in [9.17, 15) is 9.59 Å². The second-order valence-corrected chi connectivity index (χ2v) is 3.36. The molecule has 0 aliphatic rings. The van der Waals surface area contributed by atoms with Gasteiger partial charge in [0.2, 0.25) is 0 Å². The van der Waals surface area contributed by atoms with Gasteiger partial charge in [0, 0.05) is 18.4 Å². The summed E-state index contributed by atoms with van der Waals surface area (Å²) in [6.07, 6.45) is 0.568. The van der Waals surface area contributed by atoms with E-state index >= 15 is 0 Å². The van der Waals surface area contributed by atoms with E-state index in [1.807, 2.05) is 0 Å². The Balaban J connectivity index is 2.69. The van der Waals surface area contributed by atoms with Crippen molar-refractivity contribution in [1.82, 2.24) is 0 Å². The molecule has 0 aliphatic carbocycles. The highest BCUT2D eigenvalue weighted by Gasteiger charge is 2.07. The van der Waals surface area contributed by atoms with E-state index in [-0.39, 0.29) is 18.0 Å². The third kappa shape index (κ3) is 3.54. The highest BCUT2D eigenvalue weighted by molar-refractivity contribution is 5.98. The first-order valence-electron chi connectivity index (χ1n) is 4.80. The number of hydrogen-bond acceptors (Lipinski definition) is 3. The number of benzene rings is 1. The molecule has 3 heteroatoms. The van der Waals surface area contributed by atoms with Crippen molar-refractivity contribution in [2.24, 2.45) is 0 Å². The van der Waals surface area contributed by atoms with E-state index in [0.717, 1.165) is 0 Å². The minimum absolute atomic E-state index is 0.0240. The standard InChI is InChI=1S/C12H14O3/c1-9(13)6-7-12(14)10-4-3-5-11(8-10)15-2/h3-5,8H,6-7H2,1-2H3. The fourth-order valence-electron chi connectivity index (χ4n) is 1.23. The molecule has 15 heavy (non-hydrogen) atoms. The van der Waals surface area contributed by atoms with Gasteiger partial charge in [-0.15, -0.1) is 0 Å². The number of carbonyl (C=O) groups excluding carboxylic acids is 2. The van der Waals surface area contributed by atoms with Gasteiger partial charge >= 0.3 is 0 Å². The molecule has 0 heterocycles. The van der Waals surface area contributed by atoms with Crippen molar-refractivity contribution in [3.63, 3.8) is 0 Å². The maximum absolute atomic E-state index is 11.6. The lowest BCUT2D eigenvalue weighted by Gasteiger charge is -2.02. The molecule has 0 aliphatic heterocycles. The molecule has 0 fully saturated rings. The van der Waals surface area contributed by atoms with E-state index in [4.69, 9.17) is 4.74 Å². The third-order valence-corrected chi connectivity index (χ3v) is 2.10. The molecule has 1 aromatic carbocycles. The number of ketones is 2. The van der Waals surface area contributed by atoms with Crippen LogP contribution in [0.1, 0.15) is 30.1 Å². The normalized spacial score (nSPS) is 9.73. The summed E-state index contributed by atoms with van der Waals surface area (Å²) in [5.41, 5.74) is 0.593. The molecular formula is C12H14O3. The minimum atomic E-state index is -0.0240. The predicted molar refractivity (Wildman–Crippen MR) is 57.2 cm³/mol. The van der Waals surface area contributed by atoms with E-state index in [2.05, 4.69) is 0 Å². The van der Waals surface area contributed by atoms with Gasteiger partial charge in [-0.25, -0.2) is 0 Å². The van der Waals surface area contributed by atoms with E-state index < -0.39 is 0 Å². The maximum Gasteiger partial charge on any atom is 0.163 e. The fraction of sp³-hybridized carbons (Fsp3) is 0.333. The minimum Gasteiger partial charge on any atom is -0.497 e. The van der Waals surface area contributed by atoms with Gasteiger partial charge in [-0.05, 0) is 19.1 Å². The van der Waals surface area contributed by atoms with Crippen LogP contribution in [0.2, 0.25) is 0 Å². The van der Waals surface area contributed by atoms with E-state index in [0.29, 0.717) is 17.7 Å². The Kier molecular flexibility index (Phi) is 4.03. The van der Waals surface area contributed by atoms with Crippen molar-refractivity contribution in [2.75, 3.05) is 7.11 Å². The van der Waals surface area contributed by atoms with Gasteiger partial charge in [-0.3, -0.25) is 4.79 Å². The molecule has 1 rings (SSSR count). The predicted octanol–water partition coefficient (Wildman–Crippen LogP) is 2.25. The summed E-state index contributed by atoms with van der Waals surface area (Å²) in [5.74, 6) is 0.666. The van der Waals surface area contributed by atoms with E-state index in [1.165, 1.54) is 6.92 Å². The maximum atomic E-state index is 11.6. The van der Waals surface area contributed by atoms with Crippen molar-refractivity contribution in [1.29, 1.82) is 0 Å². The molecule has 0 N–H and O–H groups in total. The molecule has 3 nitrogen and oxygen atoms in total. The summed E-state index contributed by atoms with van der Waals surface area (Å²) in [6, 6.07) is 6.95. The topological polar surface area (TPSA) is 43.4 Å². The number of ether oxygens (including phenoxy) is 1.